The molecule has 1 fully saturated rings. The van der Waals surface area contributed by atoms with Gasteiger partial charge in [-0.25, -0.2) is 0 Å². The minimum atomic E-state index is -0.159. The van der Waals surface area contributed by atoms with Gasteiger partial charge in [0.1, 0.15) is 5.75 Å². The molecule has 1 aliphatic heterocycles. The summed E-state index contributed by atoms with van der Waals surface area (Å²) in [6.45, 7) is 4.04. The van der Waals surface area contributed by atoms with Crippen molar-refractivity contribution < 1.29 is 14.3 Å². The molecule has 1 N–H and O–H groups in total. The number of hydrogen-bond acceptors (Lipinski definition) is 5. The third kappa shape index (κ3) is 5.55. The molecule has 166 valence electrons. The van der Waals surface area contributed by atoms with E-state index >= 15 is 0 Å². The van der Waals surface area contributed by atoms with Crippen LogP contribution in [0.4, 0.5) is 5.69 Å². The number of thiophene rings is 1. The summed E-state index contributed by atoms with van der Waals surface area (Å²) in [5.74, 6) is 0.701. The Morgan fingerprint density at radius 3 is 2.59 bits per heavy atom. The van der Waals surface area contributed by atoms with Gasteiger partial charge in [-0.05, 0) is 53.8 Å². The molecule has 0 spiro atoms. The Kier molecular flexibility index (Phi) is 7.19. The number of carbonyl (C=O) groups is 2. The van der Waals surface area contributed by atoms with Gasteiger partial charge in [0, 0.05) is 44.0 Å². The summed E-state index contributed by atoms with van der Waals surface area (Å²) >= 11 is 1.39. The van der Waals surface area contributed by atoms with Crippen LogP contribution in [0.25, 0.3) is 0 Å². The van der Waals surface area contributed by atoms with Gasteiger partial charge in [0.25, 0.3) is 11.8 Å². The topological polar surface area (TPSA) is 61.9 Å². The number of nitrogens with zero attached hydrogens (tertiary/aromatic N) is 2. The molecule has 6 nitrogen and oxygen atoms in total. The molecule has 1 aliphatic rings. The molecule has 3 aromatic rings. The van der Waals surface area contributed by atoms with Gasteiger partial charge in [-0.2, -0.15) is 0 Å². The van der Waals surface area contributed by atoms with Crippen LogP contribution in [-0.2, 0) is 6.54 Å². The number of benzene rings is 2. The highest BCUT2D eigenvalue weighted by atomic mass is 32.1. The molecule has 0 bridgehead atoms. The van der Waals surface area contributed by atoms with Crippen LogP contribution in [-0.4, -0.2) is 54.9 Å². The van der Waals surface area contributed by atoms with Gasteiger partial charge in [0.2, 0.25) is 0 Å². The number of carbonyl (C=O) groups excluding carboxylic acids is 2. The number of rotatable bonds is 6. The van der Waals surface area contributed by atoms with E-state index in [1.807, 2.05) is 40.6 Å². The van der Waals surface area contributed by atoms with Crippen LogP contribution >= 0.6 is 11.3 Å². The summed E-state index contributed by atoms with van der Waals surface area (Å²) in [7, 11) is 1.67. The molecule has 0 radical (unpaired) electrons. The molecule has 0 aliphatic carbocycles. The van der Waals surface area contributed by atoms with E-state index in [0.29, 0.717) is 22.7 Å². The van der Waals surface area contributed by atoms with Crippen molar-refractivity contribution in [3.05, 3.63) is 82.0 Å². The van der Waals surface area contributed by atoms with Gasteiger partial charge in [-0.1, -0.05) is 24.3 Å². The van der Waals surface area contributed by atoms with E-state index in [1.54, 1.807) is 25.3 Å². The highest BCUT2D eigenvalue weighted by Gasteiger charge is 2.21. The number of amides is 2. The average molecular weight is 450 g/mol. The smallest absolute Gasteiger partial charge is 0.265 e. The first-order valence-electron chi connectivity index (χ1n) is 10.7. The number of hydrogen-bond donors (Lipinski definition) is 1. The molecule has 0 unspecified atom stereocenters. The first-order chi connectivity index (χ1) is 15.6. The van der Waals surface area contributed by atoms with Crippen LogP contribution in [0.5, 0.6) is 5.75 Å². The fourth-order valence-corrected chi connectivity index (χ4v) is 4.45. The first-order valence-corrected chi connectivity index (χ1v) is 11.6. The normalized spacial score (nSPS) is 14.6. The van der Waals surface area contributed by atoms with Crippen LogP contribution in [0.1, 0.15) is 32.0 Å². The van der Waals surface area contributed by atoms with E-state index in [1.165, 1.54) is 16.9 Å². The lowest BCUT2D eigenvalue weighted by Crippen LogP contribution is -2.35. The average Bonchev–Trinajstić information content (AvgIpc) is 3.27. The third-order valence-corrected chi connectivity index (χ3v) is 6.42. The molecule has 2 amide bonds. The second-order valence-electron chi connectivity index (χ2n) is 7.78. The van der Waals surface area contributed by atoms with E-state index in [0.717, 1.165) is 38.3 Å². The van der Waals surface area contributed by atoms with Gasteiger partial charge >= 0.3 is 0 Å². The molecule has 2 heterocycles. The standard InChI is InChI=1S/C25H27N3O3S/c1-31-22-10-8-19(9-11-22)18-27-12-4-13-28(15-14-27)25(30)20-5-2-6-21(17-20)26-24(29)23-7-3-16-32-23/h2-3,5-11,16-17H,4,12-15,18H2,1H3,(H,26,29). The lowest BCUT2D eigenvalue weighted by atomic mass is 10.1. The van der Waals surface area contributed by atoms with E-state index < -0.39 is 0 Å². The number of nitrogens with one attached hydrogen (secondary N) is 1. The van der Waals surface area contributed by atoms with E-state index in [9.17, 15) is 9.59 Å². The highest BCUT2D eigenvalue weighted by Crippen LogP contribution is 2.18. The molecule has 1 aromatic heterocycles. The molecule has 32 heavy (non-hydrogen) atoms. The predicted octanol–water partition coefficient (Wildman–Crippen LogP) is 4.36. The van der Waals surface area contributed by atoms with Crippen molar-refractivity contribution in [2.24, 2.45) is 0 Å². The van der Waals surface area contributed by atoms with E-state index in [-0.39, 0.29) is 11.8 Å². The number of ether oxygens (including phenoxy) is 1. The quantitative estimate of drug-likeness (QED) is 0.608. The Labute approximate surface area is 192 Å². The van der Waals surface area contributed by atoms with Gasteiger partial charge in [0.15, 0.2) is 0 Å². The van der Waals surface area contributed by atoms with Crippen molar-refractivity contribution in [3.8, 4) is 5.75 Å². The van der Waals surface area contributed by atoms with Crippen LogP contribution < -0.4 is 10.1 Å². The minimum absolute atomic E-state index is 0.00326. The zero-order chi connectivity index (χ0) is 22.3. The molecule has 7 heteroatoms. The van der Waals surface area contributed by atoms with E-state index in [2.05, 4.69) is 22.3 Å². The lowest BCUT2D eigenvalue weighted by Gasteiger charge is -2.22. The van der Waals surface area contributed by atoms with Gasteiger partial charge in [-0.15, -0.1) is 11.3 Å². The fraction of sp³-hybridized carbons (Fsp3) is 0.280. The molecular weight excluding hydrogens is 422 g/mol. The maximum atomic E-state index is 13.1. The minimum Gasteiger partial charge on any atom is -0.497 e. The summed E-state index contributed by atoms with van der Waals surface area (Å²) in [6, 6.07) is 18.9. The molecule has 2 aromatic carbocycles. The molecule has 0 saturated carbocycles. The van der Waals surface area contributed by atoms with Crippen LogP contribution in [0.3, 0.4) is 0 Å². The van der Waals surface area contributed by atoms with Crippen LogP contribution in [0.15, 0.2) is 66.0 Å². The van der Waals surface area contributed by atoms with Gasteiger partial charge < -0.3 is 15.0 Å². The first kappa shape index (κ1) is 22.0. The Morgan fingerprint density at radius 1 is 1.00 bits per heavy atom. The van der Waals surface area contributed by atoms with Crippen molar-refractivity contribution in [1.29, 1.82) is 0 Å². The van der Waals surface area contributed by atoms with Gasteiger partial charge in [0.05, 0.1) is 12.0 Å². The van der Waals surface area contributed by atoms with Gasteiger partial charge in [-0.3, -0.25) is 14.5 Å². The van der Waals surface area contributed by atoms with Crippen molar-refractivity contribution >= 4 is 28.8 Å². The summed E-state index contributed by atoms with van der Waals surface area (Å²) in [4.78, 5) is 30.4. The van der Waals surface area contributed by atoms with Crippen molar-refractivity contribution in [2.45, 2.75) is 13.0 Å². The molecule has 1 saturated heterocycles. The van der Waals surface area contributed by atoms with Crippen molar-refractivity contribution in [2.75, 3.05) is 38.6 Å². The van der Waals surface area contributed by atoms with Crippen LogP contribution in [0, 0.1) is 0 Å². The Morgan fingerprint density at radius 2 is 1.84 bits per heavy atom. The molecule has 0 atom stereocenters. The summed E-state index contributed by atoms with van der Waals surface area (Å²) in [5.41, 5.74) is 2.46. The second-order valence-corrected chi connectivity index (χ2v) is 8.73. The summed E-state index contributed by atoms with van der Waals surface area (Å²) < 4.78 is 5.23. The predicted molar refractivity (Wildman–Crippen MR) is 128 cm³/mol. The monoisotopic (exact) mass is 449 g/mol. The maximum Gasteiger partial charge on any atom is 0.265 e. The fourth-order valence-electron chi connectivity index (χ4n) is 3.83. The number of anilines is 1. The lowest BCUT2D eigenvalue weighted by molar-refractivity contribution is 0.0760. The van der Waals surface area contributed by atoms with Crippen molar-refractivity contribution in [1.82, 2.24) is 9.80 Å². The largest absolute Gasteiger partial charge is 0.497 e. The second kappa shape index (κ2) is 10.4. The zero-order valence-corrected chi connectivity index (χ0v) is 18.9. The summed E-state index contributed by atoms with van der Waals surface area (Å²) in [5, 5.41) is 4.75. The van der Waals surface area contributed by atoms with Crippen LogP contribution in [0.2, 0.25) is 0 Å². The molecular formula is C25H27N3O3S. The maximum absolute atomic E-state index is 13.1. The zero-order valence-electron chi connectivity index (χ0n) is 18.1. The summed E-state index contributed by atoms with van der Waals surface area (Å²) in [6.07, 6.45) is 0.927. The Hall–Kier alpha value is -3.16. The molecule has 4 rings (SSSR count). The van der Waals surface area contributed by atoms with Crippen molar-refractivity contribution in [3.63, 3.8) is 0 Å². The SMILES string of the molecule is COc1ccc(CN2CCCN(C(=O)c3cccc(NC(=O)c4cccs4)c3)CC2)cc1. The number of methoxy groups -OCH3 is 1. The highest BCUT2D eigenvalue weighted by molar-refractivity contribution is 7.12. The van der Waals surface area contributed by atoms with E-state index in [4.69, 9.17) is 4.74 Å². The Bertz CT molecular complexity index is 1050. The third-order valence-electron chi connectivity index (χ3n) is 5.55. The Balaban J connectivity index is 1.35.